The van der Waals surface area contributed by atoms with E-state index >= 15 is 0 Å². The summed E-state index contributed by atoms with van der Waals surface area (Å²) >= 11 is 1.71. The summed E-state index contributed by atoms with van der Waals surface area (Å²) < 4.78 is 5.16. The lowest BCUT2D eigenvalue weighted by molar-refractivity contribution is -0.125. The Morgan fingerprint density at radius 1 is 1.53 bits per heavy atom. The highest BCUT2D eigenvalue weighted by Gasteiger charge is 1.98. The van der Waals surface area contributed by atoms with E-state index in [2.05, 4.69) is 25.2 Å². The average molecular weight is 231 g/mol. The first-order chi connectivity index (χ1) is 7.16. The van der Waals surface area contributed by atoms with Crippen LogP contribution in [0.3, 0.4) is 0 Å². The average Bonchev–Trinajstić information content (AvgIpc) is 2.19. The van der Waals surface area contributed by atoms with E-state index in [0.717, 1.165) is 5.75 Å². The Morgan fingerprint density at radius 3 is 2.87 bits per heavy atom. The fourth-order valence-electron chi connectivity index (χ4n) is 0.871. The van der Waals surface area contributed by atoms with Crippen molar-refractivity contribution in [2.24, 2.45) is 5.92 Å². The summed E-state index contributed by atoms with van der Waals surface area (Å²) in [6.07, 6.45) is 6.04. The van der Waals surface area contributed by atoms with Crippen LogP contribution in [0.4, 0.5) is 0 Å². The Morgan fingerprint density at radius 2 is 2.27 bits per heavy atom. The molecule has 0 aromatic rings. The van der Waals surface area contributed by atoms with Gasteiger partial charge in [0.15, 0.2) is 0 Å². The van der Waals surface area contributed by atoms with Crippen LogP contribution in [0.25, 0.3) is 0 Å². The minimum Gasteiger partial charge on any atom is -0.371 e. The van der Waals surface area contributed by atoms with Gasteiger partial charge in [0.25, 0.3) is 0 Å². The molecule has 0 rings (SSSR count). The molecule has 0 fully saturated rings. The predicted octanol–water partition coefficient (Wildman–Crippen LogP) is 1.69. The molecule has 0 aliphatic rings. The van der Waals surface area contributed by atoms with Crippen LogP contribution in [0.15, 0.2) is 12.2 Å². The van der Waals surface area contributed by atoms with Gasteiger partial charge < -0.3 is 10.1 Å². The molecule has 0 heterocycles. The molecule has 0 radical (unpaired) electrons. The smallest absolute Gasteiger partial charge is 0.246 e. The highest BCUT2D eigenvalue weighted by atomic mass is 32.2. The van der Waals surface area contributed by atoms with E-state index in [4.69, 9.17) is 4.74 Å². The second-order valence-corrected chi connectivity index (χ2v) is 4.51. The molecule has 0 atom stereocenters. The number of rotatable bonds is 8. The van der Waals surface area contributed by atoms with Crippen LogP contribution in [0.1, 0.15) is 13.8 Å². The molecule has 0 bridgehead atoms. The van der Waals surface area contributed by atoms with Gasteiger partial charge in [-0.25, -0.2) is 0 Å². The van der Waals surface area contributed by atoms with Crippen LogP contribution in [0.2, 0.25) is 0 Å². The van der Waals surface area contributed by atoms with E-state index < -0.39 is 0 Å². The van der Waals surface area contributed by atoms with Gasteiger partial charge in [0.1, 0.15) is 6.61 Å². The van der Waals surface area contributed by atoms with Gasteiger partial charge in [-0.3, -0.25) is 4.79 Å². The molecule has 0 saturated carbocycles. The maximum absolute atomic E-state index is 11.2. The molecule has 0 aromatic heterocycles. The number of nitrogens with one attached hydrogen (secondary N) is 1. The van der Waals surface area contributed by atoms with Crippen LogP contribution >= 0.6 is 11.8 Å². The van der Waals surface area contributed by atoms with E-state index in [-0.39, 0.29) is 12.5 Å². The van der Waals surface area contributed by atoms with Crippen LogP contribution in [0, 0.1) is 5.92 Å². The molecule has 0 spiro atoms. The number of ether oxygens (including phenoxy) is 1. The van der Waals surface area contributed by atoms with Gasteiger partial charge in [-0.2, -0.15) is 11.8 Å². The fourth-order valence-corrected chi connectivity index (χ4v) is 1.16. The molecule has 1 N–H and O–H groups in total. The van der Waals surface area contributed by atoms with Crippen LogP contribution in [0.5, 0.6) is 0 Å². The SMILES string of the molecule is CSCCOCC(=O)NC/C=C/C(C)C. The first kappa shape index (κ1) is 14.5. The Bertz CT molecular complexity index is 193. The van der Waals surface area contributed by atoms with Gasteiger partial charge in [-0.15, -0.1) is 0 Å². The number of hydrogen-bond acceptors (Lipinski definition) is 3. The summed E-state index contributed by atoms with van der Waals surface area (Å²) in [5.74, 6) is 1.41. The highest BCUT2D eigenvalue weighted by Crippen LogP contribution is 1.92. The summed E-state index contributed by atoms with van der Waals surface area (Å²) in [4.78, 5) is 11.2. The number of carbonyl (C=O) groups excluding carboxylic acids is 1. The van der Waals surface area contributed by atoms with Gasteiger partial charge in [0, 0.05) is 12.3 Å². The molecule has 0 unspecified atom stereocenters. The van der Waals surface area contributed by atoms with Crippen molar-refractivity contribution >= 4 is 17.7 Å². The summed E-state index contributed by atoms with van der Waals surface area (Å²) in [6, 6.07) is 0. The summed E-state index contributed by atoms with van der Waals surface area (Å²) in [5.41, 5.74) is 0. The molecule has 1 amide bonds. The van der Waals surface area contributed by atoms with E-state index in [1.165, 1.54) is 0 Å². The zero-order valence-electron chi connectivity index (χ0n) is 9.79. The molecule has 0 saturated heterocycles. The third-order valence-corrected chi connectivity index (χ3v) is 2.18. The normalized spacial score (nSPS) is 11.2. The highest BCUT2D eigenvalue weighted by molar-refractivity contribution is 7.98. The number of amides is 1. The molecule has 0 aromatic carbocycles. The Kier molecular flexibility index (Phi) is 9.73. The van der Waals surface area contributed by atoms with Gasteiger partial charge in [-0.05, 0) is 12.2 Å². The Labute approximate surface area is 96.6 Å². The van der Waals surface area contributed by atoms with Crippen molar-refractivity contribution in [2.45, 2.75) is 13.8 Å². The summed E-state index contributed by atoms with van der Waals surface area (Å²) in [6.45, 7) is 5.59. The van der Waals surface area contributed by atoms with E-state index in [1.807, 2.05) is 12.3 Å². The lowest BCUT2D eigenvalue weighted by Crippen LogP contribution is -2.28. The second kappa shape index (κ2) is 10.1. The fraction of sp³-hybridized carbons (Fsp3) is 0.727. The van der Waals surface area contributed by atoms with Crippen molar-refractivity contribution in [3.8, 4) is 0 Å². The summed E-state index contributed by atoms with van der Waals surface area (Å²) in [7, 11) is 0. The van der Waals surface area contributed by atoms with Crippen LogP contribution in [-0.2, 0) is 9.53 Å². The molecular weight excluding hydrogens is 210 g/mol. The first-order valence-corrected chi connectivity index (χ1v) is 6.56. The molecule has 88 valence electrons. The molecule has 15 heavy (non-hydrogen) atoms. The largest absolute Gasteiger partial charge is 0.371 e. The van der Waals surface area contributed by atoms with Crippen LogP contribution < -0.4 is 5.32 Å². The lowest BCUT2D eigenvalue weighted by Gasteiger charge is -2.03. The van der Waals surface area contributed by atoms with E-state index in [1.54, 1.807) is 11.8 Å². The number of carbonyl (C=O) groups is 1. The lowest BCUT2D eigenvalue weighted by atomic mass is 10.2. The molecule has 0 aliphatic carbocycles. The molecule has 4 heteroatoms. The molecule has 0 aliphatic heterocycles. The third kappa shape index (κ3) is 11.4. The topological polar surface area (TPSA) is 38.3 Å². The van der Waals surface area contributed by atoms with Crippen molar-refractivity contribution < 1.29 is 9.53 Å². The second-order valence-electron chi connectivity index (χ2n) is 3.52. The summed E-state index contributed by atoms with van der Waals surface area (Å²) in [5, 5.41) is 2.76. The maximum Gasteiger partial charge on any atom is 0.246 e. The van der Waals surface area contributed by atoms with Gasteiger partial charge in [0.05, 0.1) is 6.61 Å². The third-order valence-electron chi connectivity index (χ3n) is 1.60. The monoisotopic (exact) mass is 231 g/mol. The van der Waals surface area contributed by atoms with E-state index in [0.29, 0.717) is 19.1 Å². The van der Waals surface area contributed by atoms with Crippen molar-refractivity contribution in [3.63, 3.8) is 0 Å². The van der Waals surface area contributed by atoms with E-state index in [9.17, 15) is 4.79 Å². The quantitative estimate of drug-likeness (QED) is 0.510. The van der Waals surface area contributed by atoms with Crippen molar-refractivity contribution in [3.05, 3.63) is 12.2 Å². The molecular formula is C11H21NO2S. The maximum atomic E-state index is 11.2. The zero-order chi connectivity index (χ0) is 11.5. The van der Waals surface area contributed by atoms with Crippen molar-refractivity contribution in [1.29, 1.82) is 0 Å². The minimum atomic E-state index is -0.0514. The number of hydrogen-bond donors (Lipinski definition) is 1. The first-order valence-electron chi connectivity index (χ1n) is 5.17. The van der Waals surface area contributed by atoms with Gasteiger partial charge >= 0.3 is 0 Å². The number of thioether (sulfide) groups is 1. The minimum absolute atomic E-state index is 0.0514. The van der Waals surface area contributed by atoms with Crippen LogP contribution in [-0.4, -0.2) is 37.7 Å². The standard InChI is InChI=1S/C11H21NO2S/c1-10(2)5-4-6-12-11(13)9-14-7-8-15-3/h4-5,10H,6-9H2,1-3H3,(H,12,13)/b5-4+. The van der Waals surface area contributed by atoms with Gasteiger partial charge in [0.2, 0.25) is 5.91 Å². The predicted molar refractivity (Wildman–Crippen MR) is 66.2 cm³/mol. The Hall–Kier alpha value is -0.480. The van der Waals surface area contributed by atoms with Crippen molar-refractivity contribution in [1.82, 2.24) is 5.32 Å². The van der Waals surface area contributed by atoms with Gasteiger partial charge in [-0.1, -0.05) is 26.0 Å². The number of allylic oxidation sites excluding steroid dienone is 1. The zero-order valence-corrected chi connectivity index (χ0v) is 10.6. The van der Waals surface area contributed by atoms with Crippen molar-refractivity contribution in [2.75, 3.05) is 31.8 Å². The molecule has 3 nitrogen and oxygen atoms in total. The Balaban J connectivity index is 3.33.